The minimum atomic E-state index is -4.81. The predicted octanol–water partition coefficient (Wildman–Crippen LogP) is 1.10. The maximum absolute atomic E-state index is 11.6. The number of halogens is 3. The highest BCUT2D eigenvalue weighted by Gasteiger charge is 2.35. The van der Waals surface area contributed by atoms with Crippen LogP contribution in [0.1, 0.15) is 0 Å². The monoisotopic (exact) mass is 182 g/mol. The molecular formula is C5H5F3N2O2. The first-order valence-corrected chi connectivity index (χ1v) is 2.91. The Hall–Kier alpha value is -1.08. The van der Waals surface area contributed by atoms with Gasteiger partial charge in [0.2, 0.25) is 0 Å². The van der Waals surface area contributed by atoms with E-state index in [0.29, 0.717) is 0 Å². The fourth-order valence-corrected chi connectivity index (χ4v) is 0.596. The summed E-state index contributed by atoms with van der Waals surface area (Å²) < 4.78 is 38.1. The molecule has 1 atom stereocenters. The van der Waals surface area contributed by atoms with E-state index in [1.54, 1.807) is 0 Å². The molecule has 0 fully saturated rings. The Morgan fingerprint density at radius 3 is 2.67 bits per heavy atom. The second-order valence-corrected chi connectivity index (χ2v) is 1.91. The Bertz CT molecular complexity index is 213. The van der Waals surface area contributed by atoms with Crippen LogP contribution in [0.4, 0.5) is 13.2 Å². The molecule has 1 aliphatic heterocycles. The molecule has 0 saturated heterocycles. The van der Waals surface area contributed by atoms with Gasteiger partial charge in [0, 0.05) is 12.4 Å². The summed E-state index contributed by atoms with van der Waals surface area (Å²) in [4.78, 5) is 3.22. The zero-order chi connectivity index (χ0) is 9.19. The first kappa shape index (κ1) is 9.01. The van der Waals surface area contributed by atoms with Crippen molar-refractivity contribution in [3.8, 4) is 0 Å². The lowest BCUT2D eigenvalue weighted by molar-refractivity contribution is -0.376. The lowest BCUT2D eigenvalue weighted by Gasteiger charge is -2.23. The summed E-state index contributed by atoms with van der Waals surface area (Å²) in [5.41, 5.74) is 0. The van der Waals surface area contributed by atoms with Crippen LogP contribution in [-0.2, 0) is 4.74 Å². The van der Waals surface area contributed by atoms with Gasteiger partial charge in [0.1, 0.15) is 0 Å². The van der Waals surface area contributed by atoms with Crippen LogP contribution in [0, 0.1) is 0 Å². The van der Waals surface area contributed by atoms with Gasteiger partial charge in [0.15, 0.2) is 0 Å². The molecule has 68 valence electrons. The van der Waals surface area contributed by atoms with Gasteiger partial charge < -0.3 is 0 Å². The average Bonchev–Trinajstić information content (AvgIpc) is 1.91. The van der Waals surface area contributed by atoms with Gasteiger partial charge in [0.05, 0.1) is 0 Å². The molecule has 0 aromatic rings. The third-order valence-corrected chi connectivity index (χ3v) is 1.00. The van der Waals surface area contributed by atoms with Crippen LogP contribution < -0.4 is 0 Å². The Balaban J connectivity index is 2.53. The minimum Gasteiger partial charge on any atom is -0.285 e. The van der Waals surface area contributed by atoms with Gasteiger partial charge in [0.25, 0.3) is 6.35 Å². The van der Waals surface area contributed by atoms with Crippen molar-refractivity contribution in [1.29, 1.82) is 0 Å². The lowest BCUT2D eigenvalue weighted by atomic mass is 10.6. The van der Waals surface area contributed by atoms with Gasteiger partial charge in [-0.2, -0.15) is 0 Å². The Morgan fingerprint density at radius 2 is 2.17 bits per heavy atom. The zero-order valence-corrected chi connectivity index (χ0v) is 5.69. The summed E-state index contributed by atoms with van der Waals surface area (Å²) in [5, 5.41) is 8.96. The van der Waals surface area contributed by atoms with E-state index in [-0.39, 0.29) is 5.06 Å². The standard InChI is InChI=1S/C5H5F3N2O2/c6-5(7,8)12-4-9-2-1-3-10(4)11/h1-4,11H. The highest BCUT2D eigenvalue weighted by Crippen LogP contribution is 2.21. The second-order valence-electron chi connectivity index (χ2n) is 1.91. The molecule has 0 aromatic carbocycles. The van der Waals surface area contributed by atoms with E-state index in [0.717, 1.165) is 12.4 Å². The van der Waals surface area contributed by atoms with Crippen LogP contribution in [0.5, 0.6) is 0 Å². The van der Waals surface area contributed by atoms with Gasteiger partial charge in [-0.25, -0.2) is 14.8 Å². The van der Waals surface area contributed by atoms with E-state index in [9.17, 15) is 13.2 Å². The van der Waals surface area contributed by atoms with Crippen molar-refractivity contribution in [1.82, 2.24) is 5.06 Å². The highest BCUT2D eigenvalue weighted by molar-refractivity contribution is 5.71. The molecule has 1 rings (SSSR count). The average molecular weight is 182 g/mol. The van der Waals surface area contributed by atoms with E-state index >= 15 is 0 Å². The SMILES string of the molecule is ON1C=CC=NC1OC(F)(F)F. The summed E-state index contributed by atoms with van der Waals surface area (Å²) in [5.74, 6) is 0. The molecule has 1 heterocycles. The van der Waals surface area contributed by atoms with Gasteiger partial charge in [-0.05, 0) is 6.08 Å². The van der Waals surface area contributed by atoms with E-state index < -0.39 is 12.7 Å². The fraction of sp³-hybridized carbons (Fsp3) is 0.400. The quantitative estimate of drug-likeness (QED) is 0.660. The number of allylic oxidation sites excluding steroid dienone is 1. The molecule has 0 radical (unpaired) electrons. The third kappa shape index (κ3) is 2.51. The number of hydrogen-bond acceptors (Lipinski definition) is 4. The molecular weight excluding hydrogens is 177 g/mol. The molecule has 1 unspecified atom stereocenters. The van der Waals surface area contributed by atoms with Crippen molar-refractivity contribution >= 4 is 6.21 Å². The van der Waals surface area contributed by atoms with E-state index in [1.807, 2.05) is 0 Å². The Kier molecular flexibility index (Phi) is 2.34. The first-order valence-electron chi connectivity index (χ1n) is 2.91. The maximum atomic E-state index is 11.6. The number of hydroxylamine groups is 2. The van der Waals surface area contributed by atoms with E-state index in [4.69, 9.17) is 5.21 Å². The smallest absolute Gasteiger partial charge is 0.285 e. The second kappa shape index (κ2) is 3.11. The molecule has 0 aliphatic carbocycles. The number of rotatable bonds is 1. The molecule has 7 heteroatoms. The van der Waals surface area contributed by atoms with Crippen molar-refractivity contribution in [3.63, 3.8) is 0 Å². The number of aliphatic imine (C=N–C) groups is 1. The number of hydrogen-bond donors (Lipinski definition) is 1. The summed E-state index contributed by atoms with van der Waals surface area (Å²) in [6.07, 6.45) is -3.17. The number of alkyl halides is 3. The number of ether oxygens (including phenoxy) is 1. The van der Waals surface area contributed by atoms with Gasteiger partial charge in [-0.3, -0.25) is 5.21 Å². The van der Waals surface area contributed by atoms with Crippen molar-refractivity contribution in [2.45, 2.75) is 12.7 Å². The van der Waals surface area contributed by atoms with Crippen molar-refractivity contribution in [3.05, 3.63) is 12.3 Å². The summed E-state index contributed by atoms with van der Waals surface area (Å²) in [7, 11) is 0. The predicted molar refractivity (Wildman–Crippen MR) is 32.2 cm³/mol. The van der Waals surface area contributed by atoms with Crippen molar-refractivity contribution in [2.24, 2.45) is 4.99 Å². The molecule has 0 spiro atoms. The molecule has 0 saturated carbocycles. The minimum absolute atomic E-state index is 0.216. The van der Waals surface area contributed by atoms with Crippen LogP contribution in [0.2, 0.25) is 0 Å². The van der Waals surface area contributed by atoms with E-state index in [1.165, 1.54) is 6.08 Å². The zero-order valence-electron chi connectivity index (χ0n) is 5.69. The molecule has 4 nitrogen and oxygen atoms in total. The summed E-state index contributed by atoms with van der Waals surface area (Å²) in [6, 6.07) is 0. The molecule has 0 amide bonds. The van der Waals surface area contributed by atoms with Gasteiger partial charge >= 0.3 is 6.36 Å². The van der Waals surface area contributed by atoms with Crippen molar-refractivity contribution < 1.29 is 23.1 Å². The van der Waals surface area contributed by atoms with Gasteiger partial charge in [-0.15, -0.1) is 13.2 Å². The molecule has 0 aromatic heterocycles. The maximum Gasteiger partial charge on any atom is 0.525 e. The van der Waals surface area contributed by atoms with Crippen LogP contribution in [-0.4, -0.2) is 29.2 Å². The largest absolute Gasteiger partial charge is 0.525 e. The van der Waals surface area contributed by atoms with Crippen LogP contribution in [0.15, 0.2) is 17.3 Å². The van der Waals surface area contributed by atoms with E-state index in [2.05, 4.69) is 9.73 Å². The molecule has 1 N–H and O–H groups in total. The Morgan fingerprint density at radius 1 is 1.50 bits per heavy atom. The number of nitrogens with zero attached hydrogens (tertiary/aromatic N) is 2. The Labute approximate surface area is 65.5 Å². The van der Waals surface area contributed by atoms with Crippen LogP contribution in [0.25, 0.3) is 0 Å². The third-order valence-electron chi connectivity index (χ3n) is 1.00. The summed E-state index contributed by atoms with van der Waals surface area (Å²) >= 11 is 0. The molecule has 1 aliphatic rings. The first-order chi connectivity index (χ1) is 5.49. The lowest BCUT2D eigenvalue weighted by Crippen LogP contribution is -2.35. The highest BCUT2D eigenvalue weighted by atomic mass is 19.4. The fourth-order valence-electron chi connectivity index (χ4n) is 0.596. The van der Waals surface area contributed by atoms with Crippen molar-refractivity contribution in [2.75, 3.05) is 0 Å². The van der Waals surface area contributed by atoms with Gasteiger partial charge in [-0.1, -0.05) is 0 Å². The van der Waals surface area contributed by atoms with Crippen LogP contribution in [0.3, 0.4) is 0 Å². The molecule has 0 bridgehead atoms. The summed E-state index contributed by atoms with van der Waals surface area (Å²) in [6.45, 7) is 0. The normalized spacial score (nSPS) is 23.3. The topological polar surface area (TPSA) is 45.1 Å². The van der Waals surface area contributed by atoms with Crippen LogP contribution >= 0.6 is 0 Å². The molecule has 12 heavy (non-hydrogen) atoms.